The molecule has 1 aromatic carbocycles. The zero-order valence-electron chi connectivity index (χ0n) is 20.6. The van der Waals surface area contributed by atoms with Gasteiger partial charge in [0.2, 0.25) is 5.91 Å². The second-order valence-corrected chi connectivity index (χ2v) is 9.68. The number of cyclic esters (lactones) is 1. The molecule has 1 aliphatic heterocycles. The van der Waals surface area contributed by atoms with Crippen molar-refractivity contribution in [1.82, 2.24) is 4.98 Å². The summed E-state index contributed by atoms with van der Waals surface area (Å²) in [5.74, 6) is -9.37. The molecule has 1 aliphatic carbocycles. The number of pyridine rings is 1. The van der Waals surface area contributed by atoms with Crippen LogP contribution in [-0.2, 0) is 19.1 Å². The molecule has 3 N–H and O–H groups in total. The summed E-state index contributed by atoms with van der Waals surface area (Å²) < 4.78 is 41.1. The second-order valence-electron chi connectivity index (χ2n) is 9.68. The largest absolute Gasteiger partial charge is 0.479 e. The Morgan fingerprint density at radius 3 is 2.54 bits per heavy atom. The number of hydrogen-bond donors (Lipinski definition) is 2. The minimum atomic E-state index is -3.35. The molecule has 1 saturated carbocycles. The number of nitrogens with zero attached hydrogens (tertiary/aromatic N) is 1. The van der Waals surface area contributed by atoms with Crippen molar-refractivity contribution in [2.75, 3.05) is 7.11 Å². The van der Waals surface area contributed by atoms with Gasteiger partial charge in [-0.05, 0) is 36.6 Å². The van der Waals surface area contributed by atoms with E-state index in [9.17, 15) is 19.5 Å². The third-order valence-corrected chi connectivity index (χ3v) is 7.67. The number of amides is 1. The fourth-order valence-electron chi connectivity index (χ4n) is 5.91. The van der Waals surface area contributed by atoms with E-state index in [-0.39, 0.29) is 0 Å². The van der Waals surface area contributed by atoms with Crippen molar-refractivity contribution in [3.05, 3.63) is 59.9 Å². The van der Waals surface area contributed by atoms with Gasteiger partial charge >= 0.3 is 11.9 Å². The molecule has 1 amide bonds. The van der Waals surface area contributed by atoms with Gasteiger partial charge in [-0.15, -0.1) is 0 Å². The first-order valence-electron chi connectivity index (χ1n) is 11.8. The van der Waals surface area contributed by atoms with Crippen LogP contribution in [0, 0.1) is 23.2 Å². The lowest BCUT2D eigenvalue weighted by Gasteiger charge is -2.49. The number of rotatable bonds is 7. The molecule has 37 heavy (non-hydrogen) atoms. The highest BCUT2D eigenvalue weighted by Gasteiger charge is 2.72. The SMILES string of the molecule is COC(C(=O)O)[C@@]12CC(F)(F)[C@@H](C)[C@H](/C=C/c3ccc(-c4ccccc4C(N)=O)cn3)[C@@H]1[C@@H](C)OC2=O. The van der Waals surface area contributed by atoms with Crippen molar-refractivity contribution in [1.29, 1.82) is 0 Å². The predicted molar refractivity (Wildman–Crippen MR) is 129 cm³/mol. The monoisotopic (exact) mass is 514 g/mol. The molecule has 10 heteroatoms. The second kappa shape index (κ2) is 9.66. The van der Waals surface area contributed by atoms with E-state index in [0.717, 1.165) is 7.11 Å². The van der Waals surface area contributed by atoms with Gasteiger partial charge in [0.1, 0.15) is 11.5 Å². The summed E-state index contributed by atoms with van der Waals surface area (Å²) in [6.45, 7) is 2.97. The average molecular weight is 515 g/mol. The fourth-order valence-corrected chi connectivity index (χ4v) is 5.91. The molecule has 2 heterocycles. The number of carbonyl (C=O) groups excluding carboxylic acids is 2. The lowest BCUT2D eigenvalue weighted by molar-refractivity contribution is -0.202. The number of allylic oxidation sites excluding steroid dienone is 1. The van der Waals surface area contributed by atoms with Crippen LogP contribution in [-0.4, -0.2) is 53.2 Å². The first kappa shape index (κ1) is 26.4. The number of carboxylic acids is 1. The minimum Gasteiger partial charge on any atom is -0.479 e. The maximum atomic E-state index is 15.3. The average Bonchev–Trinajstić information content (AvgIpc) is 3.08. The first-order valence-corrected chi connectivity index (χ1v) is 11.8. The first-order chi connectivity index (χ1) is 17.4. The molecule has 1 unspecified atom stereocenters. The summed E-state index contributed by atoms with van der Waals surface area (Å²) in [4.78, 5) is 41.0. The smallest absolute Gasteiger partial charge is 0.334 e. The van der Waals surface area contributed by atoms with Crippen LogP contribution in [0.5, 0.6) is 0 Å². The van der Waals surface area contributed by atoms with E-state index in [1.807, 2.05) is 0 Å². The Kier molecular flexibility index (Phi) is 6.89. The Balaban J connectivity index is 1.70. The van der Waals surface area contributed by atoms with E-state index in [1.165, 1.54) is 6.92 Å². The fraction of sp³-hybridized carbons (Fsp3) is 0.407. The summed E-state index contributed by atoms with van der Waals surface area (Å²) in [6, 6.07) is 10.2. The quantitative estimate of drug-likeness (QED) is 0.538. The lowest BCUT2D eigenvalue weighted by Crippen LogP contribution is -2.60. The number of carboxylic acid groups (broad SMARTS) is 1. The van der Waals surface area contributed by atoms with Crippen LogP contribution < -0.4 is 5.73 Å². The molecule has 196 valence electrons. The van der Waals surface area contributed by atoms with Gasteiger partial charge in [0.25, 0.3) is 5.92 Å². The maximum absolute atomic E-state index is 15.3. The van der Waals surface area contributed by atoms with Gasteiger partial charge in [0.15, 0.2) is 6.10 Å². The number of primary amides is 1. The molecule has 0 bridgehead atoms. The molecule has 8 nitrogen and oxygen atoms in total. The number of carbonyl (C=O) groups is 3. The molecule has 0 radical (unpaired) electrons. The standard InChI is InChI=1S/C27H28F2N2O6/c1-14-18(11-10-17-9-8-16(12-31-17)19-6-4-5-7-20(19)23(30)32)21-15(2)37-25(35)26(21,13-27(14,28)29)22(36-3)24(33)34/h4-12,14-15,18,21-22H,13H2,1-3H3,(H2,30,32)(H,33,34)/b11-10+/t14-,15+,18-,21-,22?,26+/m0/s1. The topological polar surface area (TPSA) is 129 Å². The number of benzene rings is 1. The molecule has 2 fully saturated rings. The minimum absolute atomic E-state index is 0.341. The number of nitrogens with two attached hydrogens (primary N) is 1. The van der Waals surface area contributed by atoms with Crippen molar-refractivity contribution in [2.45, 2.75) is 38.4 Å². The van der Waals surface area contributed by atoms with Crippen LogP contribution in [0.15, 0.2) is 48.7 Å². The summed E-state index contributed by atoms with van der Waals surface area (Å²) >= 11 is 0. The molecular formula is C27H28F2N2O6. The zero-order chi connectivity index (χ0) is 27.1. The van der Waals surface area contributed by atoms with E-state index in [1.54, 1.807) is 61.7 Å². The Bertz CT molecular complexity index is 1250. The van der Waals surface area contributed by atoms with Crippen LogP contribution in [0.1, 0.15) is 36.3 Å². The van der Waals surface area contributed by atoms with Gasteiger partial charge in [0.05, 0.1) is 5.69 Å². The number of fused-ring (bicyclic) bond motifs is 1. The molecule has 2 aromatic rings. The van der Waals surface area contributed by atoms with E-state index >= 15 is 8.78 Å². The summed E-state index contributed by atoms with van der Waals surface area (Å²) in [6.07, 6.45) is 1.10. The van der Waals surface area contributed by atoms with Crippen LogP contribution >= 0.6 is 0 Å². The molecular weight excluding hydrogens is 486 g/mol. The van der Waals surface area contributed by atoms with Gasteiger partial charge in [-0.3, -0.25) is 14.6 Å². The van der Waals surface area contributed by atoms with Gasteiger partial charge in [0, 0.05) is 42.7 Å². The molecule has 4 rings (SSSR count). The Labute approximate surface area is 212 Å². The number of hydrogen-bond acceptors (Lipinski definition) is 6. The molecule has 2 aliphatic rings. The Morgan fingerprint density at radius 2 is 1.95 bits per heavy atom. The van der Waals surface area contributed by atoms with Crippen LogP contribution in [0.25, 0.3) is 17.2 Å². The normalized spacial score (nSPS) is 29.5. The van der Waals surface area contributed by atoms with E-state index in [4.69, 9.17) is 15.2 Å². The number of esters is 1. The number of halogens is 2. The highest BCUT2D eigenvalue weighted by atomic mass is 19.3. The highest BCUT2D eigenvalue weighted by molar-refractivity contribution is 5.99. The van der Waals surface area contributed by atoms with Crippen molar-refractivity contribution < 1.29 is 37.7 Å². The van der Waals surface area contributed by atoms with Gasteiger partial charge in [-0.25, -0.2) is 13.6 Å². The summed E-state index contributed by atoms with van der Waals surface area (Å²) in [5, 5.41) is 9.74. The van der Waals surface area contributed by atoms with Gasteiger partial charge in [-0.2, -0.15) is 0 Å². The molecule has 0 spiro atoms. The molecule has 1 aromatic heterocycles. The van der Waals surface area contributed by atoms with Crippen molar-refractivity contribution in [3.63, 3.8) is 0 Å². The van der Waals surface area contributed by atoms with Gasteiger partial charge < -0.3 is 20.3 Å². The number of aliphatic carboxylic acids is 1. The molecule has 1 saturated heterocycles. The lowest BCUT2D eigenvalue weighted by atomic mass is 9.54. The number of aromatic nitrogens is 1. The van der Waals surface area contributed by atoms with Gasteiger partial charge in [-0.1, -0.05) is 37.3 Å². The van der Waals surface area contributed by atoms with Crippen molar-refractivity contribution in [2.24, 2.45) is 28.9 Å². The van der Waals surface area contributed by atoms with Crippen LogP contribution in [0.4, 0.5) is 8.78 Å². The highest BCUT2D eigenvalue weighted by Crippen LogP contribution is 2.61. The third-order valence-electron chi connectivity index (χ3n) is 7.67. The predicted octanol–water partition coefficient (Wildman–Crippen LogP) is 3.80. The van der Waals surface area contributed by atoms with Crippen LogP contribution in [0.2, 0.25) is 0 Å². The molecule has 6 atom stereocenters. The van der Waals surface area contributed by atoms with Crippen molar-refractivity contribution >= 4 is 23.9 Å². The number of alkyl halides is 2. The van der Waals surface area contributed by atoms with Crippen LogP contribution in [0.3, 0.4) is 0 Å². The van der Waals surface area contributed by atoms with E-state index < -0.39 is 65.6 Å². The van der Waals surface area contributed by atoms with E-state index in [0.29, 0.717) is 22.4 Å². The maximum Gasteiger partial charge on any atom is 0.334 e. The zero-order valence-corrected chi connectivity index (χ0v) is 20.6. The Morgan fingerprint density at radius 1 is 1.24 bits per heavy atom. The Hall–Kier alpha value is -3.66. The summed E-state index contributed by atoms with van der Waals surface area (Å²) in [5.41, 5.74) is 5.47. The van der Waals surface area contributed by atoms with E-state index in [2.05, 4.69) is 4.98 Å². The number of methoxy groups -OCH3 is 1. The third kappa shape index (κ3) is 4.39. The van der Waals surface area contributed by atoms with Crippen molar-refractivity contribution in [3.8, 4) is 11.1 Å². The number of ether oxygens (including phenoxy) is 2. The summed E-state index contributed by atoms with van der Waals surface area (Å²) in [7, 11) is 1.09.